The van der Waals surface area contributed by atoms with Gasteiger partial charge >= 0.3 is 5.97 Å². The number of nitrogens with zero attached hydrogens (tertiary/aromatic N) is 1. The maximum absolute atomic E-state index is 11.6. The zero-order valence-electron chi connectivity index (χ0n) is 11.6. The van der Waals surface area contributed by atoms with Crippen LogP contribution >= 0.6 is 0 Å². The molecule has 1 rings (SSSR count). The second kappa shape index (κ2) is 6.73. The first-order valence-electron chi connectivity index (χ1n) is 6.53. The summed E-state index contributed by atoms with van der Waals surface area (Å²) in [6, 6.07) is -0.532. The zero-order chi connectivity index (χ0) is 13.6. The molecule has 0 aromatic rings. The predicted molar refractivity (Wildman–Crippen MR) is 70.5 cm³/mol. The maximum Gasteiger partial charge on any atom is 0.323 e. The lowest BCUT2D eigenvalue weighted by Crippen LogP contribution is -2.37. The van der Waals surface area contributed by atoms with Gasteiger partial charge in [0.2, 0.25) is 0 Å². The van der Waals surface area contributed by atoms with Gasteiger partial charge in [0, 0.05) is 6.42 Å². The lowest BCUT2D eigenvalue weighted by molar-refractivity contribution is -0.156. The molecule has 5 heteroatoms. The Morgan fingerprint density at radius 2 is 2.22 bits per heavy atom. The molecule has 0 aromatic heterocycles. The molecule has 1 unspecified atom stereocenters. The van der Waals surface area contributed by atoms with E-state index in [0.29, 0.717) is 13.0 Å². The summed E-state index contributed by atoms with van der Waals surface area (Å²) in [4.78, 5) is 15.8. The first kappa shape index (κ1) is 15.0. The van der Waals surface area contributed by atoms with Crippen LogP contribution in [0, 0.1) is 0 Å². The van der Waals surface area contributed by atoms with E-state index < -0.39 is 11.6 Å². The first-order valence-corrected chi connectivity index (χ1v) is 6.53. The molecule has 0 saturated carbocycles. The standard InChI is InChI=1S/C13H24N2O3/c1-13(2,3)18-12(16)10(14)6-4-5-7-11-15-8-9-17-11/h10H,4-9,14H2,1-3H3. The van der Waals surface area contributed by atoms with Crippen LogP contribution in [0.4, 0.5) is 0 Å². The Hall–Kier alpha value is -1.10. The van der Waals surface area contributed by atoms with Gasteiger partial charge in [0.25, 0.3) is 0 Å². The Labute approximate surface area is 109 Å². The van der Waals surface area contributed by atoms with Crippen molar-refractivity contribution in [1.29, 1.82) is 0 Å². The van der Waals surface area contributed by atoms with Crippen molar-refractivity contribution in [3.63, 3.8) is 0 Å². The minimum atomic E-state index is -0.532. The molecular formula is C13H24N2O3. The molecular weight excluding hydrogens is 232 g/mol. The van der Waals surface area contributed by atoms with E-state index in [4.69, 9.17) is 15.2 Å². The highest BCUT2D eigenvalue weighted by molar-refractivity contribution is 5.77. The summed E-state index contributed by atoms with van der Waals surface area (Å²) in [6.07, 6.45) is 3.29. The SMILES string of the molecule is CC(C)(C)OC(=O)C(N)CCCCC1=NCCO1. The molecule has 0 fully saturated rings. The molecule has 2 N–H and O–H groups in total. The summed E-state index contributed by atoms with van der Waals surface area (Å²) in [5, 5.41) is 0. The van der Waals surface area contributed by atoms with Crippen molar-refractivity contribution in [2.24, 2.45) is 10.7 Å². The van der Waals surface area contributed by atoms with Gasteiger partial charge < -0.3 is 15.2 Å². The smallest absolute Gasteiger partial charge is 0.323 e. The highest BCUT2D eigenvalue weighted by atomic mass is 16.6. The monoisotopic (exact) mass is 256 g/mol. The van der Waals surface area contributed by atoms with E-state index in [-0.39, 0.29) is 5.97 Å². The van der Waals surface area contributed by atoms with E-state index >= 15 is 0 Å². The number of hydrogen-bond donors (Lipinski definition) is 1. The van der Waals surface area contributed by atoms with Gasteiger partial charge in [-0.1, -0.05) is 6.42 Å². The van der Waals surface area contributed by atoms with Gasteiger partial charge in [0.15, 0.2) is 5.90 Å². The summed E-state index contributed by atoms with van der Waals surface area (Å²) in [6.45, 7) is 6.99. The van der Waals surface area contributed by atoms with E-state index in [1.165, 1.54) is 0 Å². The average Bonchev–Trinajstić information content (AvgIpc) is 2.74. The van der Waals surface area contributed by atoms with Gasteiger partial charge in [-0.05, 0) is 33.6 Å². The molecule has 5 nitrogen and oxygen atoms in total. The van der Waals surface area contributed by atoms with Crippen LogP contribution in [-0.4, -0.2) is 36.7 Å². The Kier molecular flexibility index (Phi) is 5.59. The minimum Gasteiger partial charge on any atom is -0.479 e. The molecule has 1 aliphatic heterocycles. The zero-order valence-corrected chi connectivity index (χ0v) is 11.6. The lowest BCUT2D eigenvalue weighted by atomic mass is 10.1. The summed E-state index contributed by atoms with van der Waals surface area (Å²) in [5.74, 6) is 0.512. The third kappa shape index (κ3) is 6.00. The topological polar surface area (TPSA) is 73.9 Å². The van der Waals surface area contributed by atoms with Crippen molar-refractivity contribution >= 4 is 11.9 Å². The van der Waals surface area contributed by atoms with Crippen molar-refractivity contribution in [2.45, 2.75) is 58.1 Å². The quantitative estimate of drug-likeness (QED) is 0.579. The highest BCUT2D eigenvalue weighted by Crippen LogP contribution is 2.11. The third-order valence-electron chi connectivity index (χ3n) is 2.51. The fourth-order valence-corrected chi connectivity index (χ4v) is 1.67. The Morgan fingerprint density at radius 3 is 2.78 bits per heavy atom. The van der Waals surface area contributed by atoms with E-state index in [1.807, 2.05) is 20.8 Å². The van der Waals surface area contributed by atoms with Crippen molar-refractivity contribution in [2.75, 3.05) is 13.2 Å². The van der Waals surface area contributed by atoms with Crippen LogP contribution < -0.4 is 5.73 Å². The number of carbonyl (C=O) groups is 1. The van der Waals surface area contributed by atoms with Crippen LogP contribution in [0.15, 0.2) is 4.99 Å². The molecule has 1 aliphatic rings. The number of aliphatic imine (C=N–C) groups is 1. The van der Waals surface area contributed by atoms with Crippen molar-refractivity contribution in [3.05, 3.63) is 0 Å². The van der Waals surface area contributed by atoms with Crippen molar-refractivity contribution in [3.8, 4) is 0 Å². The molecule has 104 valence electrons. The Bertz CT molecular complexity index is 308. The maximum atomic E-state index is 11.6. The number of esters is 1. The fraction of sp³-hybridized carbons (Fsp3) is 0.846. The molecule has 1 heterocycles. The van der Waals surface area contributed by atoms with Crippen LogP contribution in [0.2, 0.25) is 0 Å². The molecule has 0 spiro atoms. The second-order valence-corrected chi connectivity index (χ2v) is 5.51. The van der Waals surface area contributed by atoms with Crippen LogP contribution in [-0.2, 0) is 14.3 Å². The summed E-state index contributed by atoms with van der Waals surface area (Å²) in [7, 11) is 0. The molecule has 0 saturated heterocycles. The number of nitrogens with two attached hydrogens (primary N) is 1. The molecule has 0 bridgehead atoms. The number of carbonyl (C=O) groups excluding carboxylic acids is 1. The number of hydrogen-bond acceptors (Lipinski definition) is 5. The van der Waals surface area contributed by atoms with Crippen LogP contribution in [0.5, 0.6) is 0 Å². The summed E-state index contributed by atoms with van der Waals surface area (Å²) in [5.41, 5.74) is 5.31. The second-order valence-electron chi connectivity index (χ2n) is 5.51. The predicted octanol–water partition coefficient (Wildman–Crippen LogP) is 1.64. The highest BCUT2D eigenvalue weighted by Gasteiger charge is 2.21. The molecule has 0 aromatic carbocycles. The van der Waals surface area contributed by atoms with E-state index in [0.717, 1.165) is 31.7 Å². The van der Waals surface area contributed by atoms with Crippen LogP contribution in [0.1, 0.15) is 46.5 Å². The van der Waals surface area contributed by atoms with Gasteiger partial charge in [-0.3, -0.25) is 9.79 Å². The van der Waals surface area contributed by atoms with Gasteiger partial charge in [-0.2, -0.15) is 0 Å². The molecule has 0 radical (unpaired) electrons. The molecule has 1 atom stereocenters. The van der Waals surface area contributed by atoms with E-state index in [1.54, 1.807) is 0 Å². The average molecular weight is 256 g/mol. The normalized spacial score (nSPS) is 17.0. The minimum absolute atomic E-state index is 0.322. The first-order chi connectivity index (χ1) is 8.38. The lowest BCUT2D eigenvalue weighted by Gasteiger charge is -2.22. The number of rotatable bonds is 6. The largest absolute Gasteiger partial charge is 0.479 e. The fourth-order valence-electron chi connectivity index (χ4n) is 1.67. The number of unbranched alkanes of at least 4 members (excludes halogenated alkanes) is 1. The van der Waals surface area contributed by atoms with Crippen molar-refractivity contribution in [1.82, 2.24) is 0 Å². The van der Waals surface area contributed by atoms with E-state index in [2.05, 4.69) is 4.99 Å². The Balaban J connectivity index is 2.12. The number of ether oxygens (including phenoxy) is 2. The van der Waals surface area contributed by atoms with Crippen LogP contribution in [0.3, 0.4) is 0 Å². The molecule has 18 heavy (non-hydrogen) atoms. The summed E-state index contributed by atoms with van der Waals surface area (Å²) >= 11 is 0. The summed E-state index contributed by atoms with van der Waals surface area (Å²) < 4.78 is 10.5. The van der Waals surface area contributed by atoms with E-state index in [9.17, 15) is 4.79 Å². The molecule has 0 amide bonds. The molecule has 0 aliphatic carbocycles. The van der Waals surface area contributed by atoms with Gasteiger partial charge in [0.1, 0.15) is 18.2 Å². The van der Waals surface area contributed by atoms with Crippen LogP contribution in [0.25, 0.3) is 0 Å². The Morgan fingerprint density at radius 1 is 1.50 bits per heavy atom. The third-order valence-corrected chi connectivity index (χ3v) is 2.51. The van der Waals surface area contributed by atoms with Gasteiger partial charge in [-0.15, -0.1) is 0 Å². The van der Waals surface area contributed by atoms with Crippen molar-refractivity contribution < 1.29 is 14.3 Å². The van der Waals surface area contributed by atoms with Gasteiger partial charge in [0.05, 0.1) is 6.54 Å². The van der Waals surface area contributed by atoms with Gasteiger partial charge in [-0.25, -0.2) is 0 Å².